The third-order valence-corrected chi connectivity index (χ3v) is 5.54. The number of carbonyl (C=O) groups is 5. The second-order valence-corrected chi connectivity index (χ2v) is 8.10. The Morgan fingerprint density at radius 2 is 1.63 bits per heavy atom. The molecule has 3 heterocycles. The molecule has 190 valence electrons. The van der Waals surface area contributed by atoms with Crippen LogP contribution in [-0.4, -0.2) is 88.6 Å². The molecule has 1 amide bonds. The van der Waals surface area contributed by atoms with Gasteiger partial charge in [0.1, 0.15) is 6.10 Å². The van der Waals surface area contributed by atoms with Crippen LogP contribution in [0.2, 0.25) is 0 Å². The van der Waals surface area contributed by atoms with Crippen LogP contribution in [0, 0.1) is 0 Å². The molecule has 13 nitrogen and oxygen atoms in total. The Balaban J connectivity index is 1.93. The molecule has 1 N–H and O–H groups in total. The van der Waals surface area contributed by atoms with Crippen molar-refractivity contribution in [1.82, 2.24) is 9.88 Å². The number of likely N-dealkylation sites (tertiary alicyclic amines) is 1. The van der Waals surface area contributed by atoms with Crippen LogP contribution in [0.5, 0.6) is 0 Å². The summed E-state index contributed by atoms with van der Waals surface area (Å²) in [6.45, 7) is 3.14. The lowest BCUT2D eigenvalue weighted by Gasteiger charge is -2.43. The first-order valence-electron chi connectivity index (χ1n) is 10.7. The van der Waals surface area contributed by atoms with E-state index >= 15 is 0 Å². The molecule has 7 atom stereocenters. The molecule has 0 aliphatic carbocycles. The maximum absolute atomic E-state index is 12.9. The van der Waals surface area contributed by atoms with Crippen LogP contribution in [-0.2, 0) is 47.7 Å². The number of carboxylic acid groups (broad SMARTS) is 1. The SMILES string of the molecule is CC(=O)O[C@@H]1[C@@H](OC(C)=O)[C@H](O[C@@H]2C[C@@H](c3cccnc3)N(C)C2=O)O[C@H](C(=O)O)[C@H]1OC(C)=O. The average Bonchev–Trinajstić information content (AvgIpc) is 3.05. The Kier molecular flexibility index (Phi) is 8.02. The average molecular weight is 494 g/mol. The van der Waals surface area contributed by atoms with Gasteiger partial charge in [-0.1, -0.05) is 6.07 Å². The van der Waals surface area contributed by atoms with Gasteiger partial charge in [-0.25, -0.2) is 4.79 Å². The number of esters is 3. The fraction of sp³-hybridized carbons (Fsp3) is 0.545. The first-order chi connectivity index (χ1) is 16.5. The Morgan fingerprint density at radius 1 is 1.03 bits per heavy atom. The normalized spacial score (nSPS) is 30.5. The molecular weight excluding hydrogens is 468 g/mol. The highest BCUT2D eigenvalue weighted by atomic mass is 16.7. The number of carboxylic acids is 1. The molecule has 0 unspecified atom stereocenters. The lowest BCUT2D eigenvalue weighted by molar-refractivity contribution is -0.307. The van der Waals surface area contributed by atoms with Gasteiger partial charge in [-0.05, 0) is 11.6 Å². The van der Waals surface area contributed by atoms with Gasteiger partial charge < -0.3 is 33.7 Å². The Morgan fingerprint density at radius 3 is 2.17 bits per heavy atom. The minimum atomic E-state index is -1.84. The van der Waals surface area contributed by atoms with Crippen LogP contribution >= 0.6 is 0 Å². The molecular formula is C22H26N2O11. The summed E-state index contributed by atoms with van der Waals surface area (Å²) in [5.41, 5.74) is 0.756. The number of hydrogen-bond acceptors (Lipinski definition) is 11. The van der Waals surface area contributed by atoms with Crippen molar-refractivity contribution in [2.24, 2.45) is 0 Å². The van der Waals surface area contributed by atoms with Crippen molar-refractivity contribution in [3.63, 3.8) is 0 Å². The minimum Gasteiger partial charge on any atom is -0.479 e. The van der Waals surface area contributed by atoms with E-state index in [4.69, 9.17) is 23.7 Å². The fourth-order valence-corrected chi connectivity index (χ4v) is 4.13. The number of ether oxygens (including phenoxy) is 5. The van der Waals surface area contributed by atoms with Gasteiger partial charge in [-0.15, -0.1) is 0 Å². The highest BCUT2D eigenvalue weighted by Gasteiger charge is 2.56. The smallest absolute Gasteiger partial charge is 0.337 e. The van der Waals surface area contributed by atoms with Crippen molar-refractivity contribution in [2.75, 3.05) is 7.05 Å². The first kappa shape index (κ1) is 26.0. The van der Waals surface area contributed by atoms with E-state index in [0.29, 0.717) is 0 Å². The molecule has 2 fully saturated rings. The molecule has 2 aliphatic rings. The topological polar surface area (TPSA) is 168 Å². The lowest BCUT2D eigenvalue weighted by atomic mass is 9.97. The Hall–Kier alpha value is -3.58. The van der Waals surface area contributed by atoms with Crippen molar-refractivity contribution >= 4 is 29.8 Å². The lowest BCUT2D eigenvalue weighted by Crippen LogP contribution is -2.64. The molecule has 0 saturated carbocycles. The maximum atomic E-state index is 12.9. The number of pyridine rings is 1. The van der Waals surface area contributed by atoms with Crippen molar-refractivity contribution in [3.8, 4) is 0 Å². The van der Waals surface area contributed by atoms with Crippen LogP contribution in [0.1, 0.15) is 38.8 Å². The standard InChI is InChI=1S/C22H26N2O11/c1-10(25)31-16-17(32-11(2)26)19(33-12(3)27)22(35-18(16)21(29)30)34-15-8-14(24(4)20(15)28)13-6-5-7-23-9-13/h5-7,9,14-19,22H,8H2,1-4H3,(H,29,30)/t14-,15+,16-,17-,18-,19+,22+/m0/s1. The van der Waals surface area contributed by atoms with E-state index in [9.17, 15) is 29.1 Å². The van der Waals surface area contributed by atoms with E-state index in [1.807, 2.05) is 0 Å². The molecule has 0 aromatic carbocycles. The quantitative estimate of drug-likeness (QED) is 0.398. The van der Waals surface area contributed by atoms with Crippen molar-refractivity contribution < 1.29 is 52.8 Å². The number of carbonyl (C=O) groups excluding carboxylic acids is 4. The second kappa shape index (κ2) is 10.8. The largest absolute Gasteiger partial charge is 0.479 e. The van der Waals surface area contributed by atoms with E-state index in [1.165, 1.54) is 4.90 Å². The predicted molar refractivity (Wildman–Crippen MR) is 112 cm³/mol. The zero-order valence-electron chi connectivity index (χ0n) is 19.5. The van der Waals surface area contributed by atoms with Crippen molar-refractivity contribution in [1.29, 1.82) is 0 Å². The Labute approximate surface area is 200 Å². The zero-order valence-corrected chi connectivity index (χ0v) is 19.5. The molecule has 1 aromatic rings. The van der Waals surface area contributed by atoms with Gasteiger partial charge >= 0.3 is 23.9 Å². The van der Waals surface area contributed by atoms with Crippen LogP contribution < -0.4 is 0 Å². The predicted octanol–water partition coefficient (Wildman–Crippen LogP) is -0.0254. The minimum absolute atomic E-state index is 0.164. The molecule has 35 heavy (non-hydrogen) atoms. The van der Waals surface area contributed by atoms with Gasteiger partial charge in [0.2, 0.25) is 6.29 Å². The molecule has 0 bridgehead atoms. The van der Waals surface area contributed by atoms with E-state index in [-0.39, 0.29) is 12.5 Å². The summed E-state index contributed by atoms with van der Waals surface area (Å²) in [5, 5.41) is 9.70. The summed E-state index contributed by atoms with van der Waals surface area (Å²) >= 11 is 0. The van der Waals surface area contributed by atoms with Crippen molar-refractivity contribution in [3.05, 3.63) is 30.1 Å². The van der Waals surface area contributed by atoms with Crippen LogP contribution in [0.25, 0.3) is 0 Å². The van der Waals surface area contributed by atoms with Crippen LogP contribution in [0.3, 0.4) is 0 Å². The monoisotopic (exact) mass is 494 g/mol. The van der Waals surface area contributed by atoms with Gasteiger partial charge in [0.25, 0.3) is 5.91 Å². The van der Waals surface area contributed by atoms with Gasteiger partial charge in [0, 0.05) is 46.6 Å². The number of hydrogen-bond donors (Lipinski definition) is 1. The number of amides is 1. The van der Waals surface area contributed by atoms with Gasteiger partial charge in [0.15, 0.2) is 24.4 Å². The molecule has 1 aromatic heterocycles. The molecule has 3 rings (SSSR count). The maximum Gasteiger partial charge on any atom is 0.337 e. The summed E-state index contributed by atoms with van der Waals surface area (Å²) in [7, 11) is 1.58. The number of likely N-dealkylation sites (N-methyl/N-ethyl adjacent to an activating group) is 1. The Bertz CT molecular complexity index is 985. The van der Waals surface area contributed by atoms with Crippen LogP contribution in [0.4, 0.5) is 0 Å². The third kappa shape index (κ3) is 5.92. The molecule has 0 radical (unpaired) electrons. The summed E-state index contributed by atoms with van der Waals surface area (Å²) < 4.78 is 26.9. The molecule has 2 aliphatic heterocycles. The number of aliphatic carboxylic acids is 1. The summed E-state index contributed by atoms with van der Waals surface area (Å²) in [6, 6.07) is 3.13. The molecule has 2 saturated heterocycles. The molecule has 0 spiro atoms. The first-order valence-corrected chi connectivity index (χ1v) is 10.7. The highest BCUT2D eigenvalue weighted by molar-refractivity contribution is 5.83. The van der Waals surface area contributed by atoms with E-state index in [1.54, 1.807) is 31.6 Å². The summed E-state index contributed by atoms with van der Waals surface area (Å²) in [6.07, 6.45) is -5.98. The summed E-state index contributed by atoms with van der Waals surface area (Å²) in [5.74, 6) is -4.55. The molecule has 13 heteroatoms. The number of rotatable bonds is 7. The van der Waals surface area contributed by atoms with Gasteiger partial charge in [-0.3, -0.25) is 24.2 Å². The van der Waals surface area contributed by atoms with Crippen LogP contribution in [0.15, 0.2) is 24.5 Å². The van der Waals surface area contributed by atoms with E-state index in [0.717, 1.165) is 26.3 Å². The number of nitrogens with zero attached hydrogens (tertiary/aromatic N) is 2. The summed E-state index contributed by atoms with van der Waals surface area (Å²) in [4.78, 5) is 65.7. The zero-order chi connectivity index (χ0) is 25.9. The van der Waals surface area contributed by atoms with Gasteiger partial charge in [0.05, 0.1) is 6.04 Å². The van der Waals surface area contributed by atoms with E-state index in [2.05, 4.69) is 4.98 Å². The number of aromatic nitrogens is 1. The third-order valence-electron chi connectivity index (χ3n) is 5.54. The fourth-order valence-electron chi connectivity index (χ4n) is 4.13. The second-order valence-electron chi connectivity index (χ2n) is 8.10. The van der Waals surface area contributed by atoms with Crippen molar-refractivity contribution in [2.45, 2.75) is 70.0 Å². The van der Waals surface area contributed by atoms with E-state index < -0.39 is 66.6 Å². The highest BCUT2D eigenvalue weighted by Crippen LogP contribution is 2.36. The van der Waals surface area contributed by atoms with Gasteiger partial charge in [-0.2, -0.15) is 0 Å².